The summed E-state index contributed by atoms with van der Waals surface area (Å²) in [4.78, 5) is 13.2. The SMILES string of the molecule is COCCCN(C)C(=O)C1CC1. The van der Waals surface area contributed by atoms with E-state index in [1.54, 1.807) is 7.11 Å². The van der Waals surface area contributed by atoms with Crippen molar-refractivity contribution in [1.82, 2.24) is 4.90 Å². The lowest BCUT2D eigenvalue weighted by Crippen LogP contribution is -2.29. The first-order valence-electron chi connectivity index (χ1n) is 4.49. The van der Waals surface area contributed by atoms with Crippen LogP contribution >= 0.6 is 0 Å². The number of methoxy groups -OCH3 is 1. The second kappa shape index (κ2) is 4.45. The van der Waals surface area contributed by atoms with E-state index in [0.717, 1.165) is 32.4 Å². The minimum atomic E-state index is 0.311. The van der Waals surface area contributed by atoms with Crippen LogP contribution in [0.2, 0.25) is 0 Å². The molecule has 0 aromatic rings. The molecule has 0 radical (unpaired) electrons. The molecule has 1 saturated carbocycles. The summed E-state index contributed by atoms with van der Waals surface area (Å²) in [5.74, 6) is 0.656. The van der Waals surface area contributed by atoms with Crippen LogP contribution in [0.4, 0.5) is 0 Å². The van der Waals surface area contributed by atoms with E-state index in [9.17, 15) is 4.79 Å². The maximum Gasteiger partial charge on any atom is 0.225 e. The zero-order valence-corrected chi connectivity index (χ0v) is 7.88. The molecular weight excluding hydrogens is 154 g/mol. The number of nitrogens with zero attached hydrogens (tertiary/aromatic N) is 1. The Morgan fingerprint density at radius 2 is 2.25 bits per heavy atom. The van der Waals surface area contributed by atoms with Gasteiger partial charge in [-0.2, -0.15) is 0 Å². The van der Waals surface area contributed by atoms with Gasteiger partial charge in [-0.25, -0.2) is 0 Å². The van der Waals surface area contributed by atoms with Crippen LogP contribution in [0.15, 0.2) is 0 Å². The fourth-order valence-corrected chi connectivity index (χ4v) is 1.20. The number of hydrogen-bond acceptors (Lipinski definition) is 2. The monoisotopic (exact) mass is 171 g/mol. The third-order valence-electron chi connectivity index (χ3n) is 2.14. The summed E-state index contributed by atoms with van der Waals surface area (Å²) in [7, 11) is 3.55. The first-order valence-corrected chi connectivity index (χ1v) is 4.49. The highest BCUT2D eigenvalue weighted by Crippen LogP contribution is 2.30. The van der Waals surface area contributed by atoms with E-state index in [0.29, 0.717) is 11.8 Å². The summed E-state index contributed by atoms with van der Waals surface area (Å²) >= 11 is 0. The Bertz CT molecular complexity index is 155. The molecule has 1 fully saturated rings. The second-order valence-electron chi connectivity index (χ2n) is 3.38. The molecule has 0 bridgehead atoms. The van der Waals surface area contributed by atoms with Gasteiger partial charge in [-0.3, -0.25) is 4.79 Å². The predicted octanol–water partition coefficient (Wildman–Crippen LogP) is 0.891. The molecule has 1 rings (SSSR count). The Hall–Kier alpha value is -0.570. The van der Waals surface area contributed by atoms with Crippen LogP contribution < -0.4 is 0 Å². The number of carbonyl (C=O) groups is 1. The number of amides is 1. The van der Waals surface area contributed by atoms with Crippen molar-refractivity contribution < 1.29 is 9.53 Å². The minimum Gasteiger partial charge on any atom is -0.385 e. The fraction of sp³-hybridized carbons (Fsp3) is 0.889. The molecular formula is C9H17NO2. The number of carbonyl (C=O) groups excluding carboxylic acids is 1. The van der Waals surface area contributed by atoms with Gasteiger partial charge >= 0.3 is 0 Å². The molecule has 0 N–H and O–H groups in total. The fourth-order valence-electron chi connectivity index (χ4n) is 1.20. The lowest BCUT2D eigenvalue weighted by atomic mass is 10.3. The van der Waals surface area contributed by atoms with E-state index in [1.807, 2.05) is 11.9 Å². The summed E-state index contributed by atoms with van der Waals surface area (Å²) in [5.41, 5.74) is 0. The Morgan fingerprint density at radius 1 is 1.58 bits per heavy atom. The number of hydrogen-bond donors (Lipinski definition) is 0. The first kappa shape index (κ1) is 9.52. The third-order valence-corrected chi connectivity index (χ3v) is 2.14. The average Bonchev–Trinajstić information content (AvgIpc) is 2.86. The van der Waals surface area contributed by atoms with Crippen LogP contribution in [-0.4, -0.2) is 38.1 Å². The van der Waals surface area contributed by atoms with Gasteiger partial charge in [0.25, 0.3) is 0 Å². The molecule has 0 aromatic heterocycles. The largest absolute Gasteiger partial charge is 0.385 e. The highest BCUT2D eigenvalue weighted by molar-refractivity contribution is 5.80. The predicted molar refractivity (Wildman–Crippen MR) is 46.9 cm³/mol. The van der Waals surface area contributed by atoms with Crippen molar-refractivity contribution in [3.63, 3.8) is 0 Å². The van der Waals surface area contributed by atoms with Gasteiger partial charge in [0, 0.05) is 33.2 Å². The molecule has 0 heterocycles. The zero-order valence-electron chi connectivity index (χ0n) is 7.88. The lowest BCUT2D eigenvalue weighted by molar-refractivity contribution is -0.131. The minimum absolute atomic E-state index is 0.311. The molecule has 0 unspecified atom stereocenters. The summed E-state index contributed by atoms with van der Waals surface area (Å²) in [6.07, 6.45) is 3.12. The molecule has 12 heavy (non-hydrogen) atoms. The van der Waals surface area contributed by atoms with E-state index in [2.05, 4.69) is 0 Å². The molecule has 3 heteroatoms. The van der Waals surface area contributed by atoms with Crippen LogP contribution in [0.5, 0.6) is 0 Å². The lowest BCUT2D eigenvalue weighted by Gasteiger charge is -2.16. The maximum absolute atomic E-state index is 11.4. The molecule has 0 aromatic carbocycles. The molecule has 0 aliphatic heterocycles. The summed E-state index contributed by atoms with van der Waals surface area (Å²) in [6.45, 7) is 1.56. The average molecular weight is 171 g/mol. The van der Waals surface area contributed by atoms with Gasteiger partial charge < -0.3 is 9.64 Å². The smallest absolute Gasteiger partial charge is 0.225 e. The van der Waals surface area contributed by atoms with Crippen molar-refractivity contribution in [2.45, 2.75) is 19.3 Å². The summed E-state index contributed by atoms with van der Waals surface area (Å²) < 4.78 is 4.91. The first-order chi connectivity index (χ1) is 5.75. The number of ether oxygens (including phenoxy) is 1. The normalized spacial score (nSPS) is 16.2. The van der Waals surface area contributed by atoms with E-state index in [4.69, 9.17) is 4.74 Å². The van der Waals surface area contributed by atoms with Crippen LogP contribution in [0.3, 0.4) is 0 Å². The van der Waals surface area contributed by atoms with E-state index < -0.39 is 0 Å². The van der Waals surface area contributed by atoms with Gasteiger partial charge in [-0.15, -0.1) is 0 Å². The second-order valence-corrected chi connectivity index (χ2v) is 3.38. The molecule has 0 saturated heterocycles. The van der Waals surface area contributed by atoms with Crippen LogP contribution in [0.1, 0.15) is 19.3 Å². The summed E-state index contributed by atoms with van der Waals surface area (Å²) in [5, 5.41) is 0. The highest BCUT2D eigenvalue weighted by atomic mass is 16.5. The van der Waals surface area contributed by atoms with Gasteiger partial charge in [0.1, 0.15) is 0 Å². The van der Waals surface area contributed by atoms with Crippen molar-refractivity contribution in [3.05, 3.63) is 0 Å². The third kappa shape index (κ3) is 2.81. The van der Waals surface area contributed by atoms with E-state index in [1.165, 1.54) is 0 Å². The molecule has 1 aliphatic rings. The van der Waals surface area contributed by atoms with Gasteiger partial charge in [-0.1, -0.05) is 0 Å². The van der Waals surface area contributed by atoms with Gasteiger partial charge in [-0.05, 0) is 19.3 Å². The topological polar surface area (TPSA) is 29.5 Å². The van der Waals surface area contributed by atoms with E-state index in [-0.39, 0.29) is 0 Å². The summed E-state index contributed by atoms with van der Waals surface area (Å²) in [6, 6.07) is 0. The van der Waals surface area contributed by atoms with Crippen LogP contribution in [0.25, 0.3) is 0 Å². The van der Waals surface area contributed by atoms with Crippen molar-refractivity contribution in [2.24, 2.45) is 5.92 Å². The molecule has 1 aliphatic carbocycles. The van der Waals surface area contributed by atoms with Crippen molar-refractivity contribution in [2.75, 3.05) is 27.3 Å². The van der Waals surface area contributed by atoms with Crippen molar-refractivity contribution >= 4 is 5.91 Å². The molecule has 3 nitrogen and oxygen atoms in total. The number of rotatable bonds is 5. The zero-order chi connectivity index (χ0) is 8.97. The van der Waals surface area contributed by atoms with Crippen molar-refractivity contribution in [1.29, 1.82) is 0 Å². The maximum atomic E-state index is 11.4. The van der Waals surface area contributed by atoms with Gasteiger partial charge in [0.2, 0.25) is 5.91 Å². The quantitative estimate of drug-likeness (QED) is 0.575. The Morgan fingerprint density at radius 3 is 2.75 bits per heavy atom. The standard InChI is InChI=1S/C9H17NO2/c1-10(6-3-7-12-2)9(11)8-4-5-8/h8H,3-7H2,1-2H3. The molecule has 0 spiro atoms. The Kier molecular flexibility index (Phi) is 3.53. The van der Waals surface area contributed by atoms with E-state index >= 15 is 0 Å². The Balaban J connectivity index is 2.09. The van der Waals surface area contributed by atoms with Crippen LogP contribution in [-0.2, 0) is 9.53 Å². The van der Waals surface area contributed by atoms with Crippen molar-refractivity contribution in [3.8, 4) is 0 Å². The highest BCUT2D eigenvalue weighted by Gasteiger charge is 2.31. The molecule has 1 amide bonds. The Labute approximate surface area is 73.7 Å². The molecule has 0 atom stereocenters. The van der Waals surface area contributed by atoms with Gasteiger partial charge in [0.15, 0.2) is 0 Å². The van der Waals surface area contributed by atoms with Gasteiger partial charge in [0.05, 0.1) is 0 Å². The van der Waals surface area contributed by atoms with Crippen LogP contribution in [0, 0.1) is 5.92 Å². The molecule has 70 valence electrons.